The smallest absolute Gasteiger partial charge is 0.272 e. The molecule has 0 radical (unpaired) electrons. The number of amides is 3. The minimum atomic E-state index is -0.479. The van der Waals surface area contributed by atoms with Gasteiger partial charge >= 0.3 is 0 Å². The van der Waals surface area contributed by atoms with Gasteiger partial charge in [-0.15, -0.1) is 11.8 Å². The second-order valence-electron chi connectivity index (χ2n) is 10.1. The minimum Gasteiger partial charge on any atom is -0.492 e. The van der Waals surface area contributed by atoms with Gasteiger partial charge in [0.25, 0.3) is 11.8 Å². The molecule has 5 aromatic rings. The monoisotopic (exact) mass is 615 g/mol. The predicted octanol–water partition coefficient (Wildman–Crippen LogP) is 7.77. The van der Waals surface area contributed by atoms with E-state index in [0.717, 1.165) is 21.2 Å². The molecule has 0 aliphatic rings. The largest absolute Gasteiger partial charge is 0.492 e. The van der Waals surface area contributed by atoms with Crippen LogP contribution < -0.4 is 20.7 Å². The van der Waals surface area contributed by atoms with Crippen LogP contribution in [0.5, 0.6) is 5.75 Å². The molecular weight excluding hydrogens is 582 g/mol. The SMILES string of the molecule is CCOc1ccccc1NC(=O)C(C)Sc1cccc(NC(=O)/C(=C\c2cccc3ccccc23)NC(=O)c2ccccc2)c1. The normalized spacial score (nSPS) is 11.8. The van der Waals surface area contributed by atoms with Crippen molar-refractivity contribution in [1.29, 1.82) is 0 Å². The first-order chi connectivity index (χ1) is 21.9. The van der Waals surface area contributed by atoms with E-state index in [1.807, 2.05) is 92.7 Å². The van der Waals surface area contributed by atoms with Crippen molar-refractivity contribution in [2.45, 2.75) is 24.0 Å². The zero-order valence-corrected chi connectivity index (χ0v) is 25.8. The van der Waals surface area contributed by atoms with Crippen LogP contribution >= 0.6 is 11.8 Å². The second kappa shape index (κ2) is 14.9. The van der Waals surface area contributed by atoms with Gasteiger partial charge in [0, 0.05) is 16.1 Å². The maximum absolute atomic E-state index is 13.7. The number of anilines is 2. The summed E-state index contributed by atoms with van der Waals surface area (Å²) in [7, 11) is 0. The summed E-state index contributed by atoms with van der Waals surface area (Å²) in [4.78, 5) is 40.6. The molecule has 8 heteroatoms. The second-order valence-corrected chi connectivity index (χ2v) is 11.5. The number of nitrogens with one attached hydrogen (secondary N) is 3. The lowest BCUT2D eigenvalue weighted by Gasteiger charge is -2.15. The van der Waals surface area contributed by atoms with Gasteiger partial charge in [0.15, 0.2) is 0 Å². The zero-order valence-electron chi connectivity index (χ0n) is 25.0. The number of carbonyl (C=O) groups excluding carboxylic acids is 3. The number of benzene rings is 5. The molecular formula is C37H33N3O4S. The fraction of sp³-hybridized carbons (Fsp3) is 0.108. The van der Waals surface area contributed by atoms with Crippen molar-refractivity contribution in [2.24, 2.45) is 0 Å². The number of hydrogen-bond donors (Lipinski definition) is 3. The number of para-hydroxylation sites is 2. The molecule has 0 aromatic heterocycles. The summed E-state index contributed by atoms with van der Waals surface area (Å²) >= 11 is 1.36. The van der Waals surface area contributed by atoms with Gasteiger partial charge in [0.2, 0.25) is 5.91 Å². The van der Waals surface area contributed by atoms with Crippen LogP contribution in [0.2, 0.25) is 0 Å². The van der Waals surface area contributed by atoms with Crippen molar-refractivity contribution in [3.8, 4) is 5.75 Å². The van der Waals surface area contributed by atoms with Crippen LogP contribution in [-0.4, -0.2) is 29.6 Å². The highest BCUT2D eigenvalue weighted by Crippen LogP contribution is 2.29. The molecule has 1 unspecified atom stereocenters. The minimum absolute atomic E-state index is 0.0963. The van der Waals surface area contributed by atoms with E-state index in [0.29, 0.717) is 29.3 Å². The van der Waals surface area contributed by atoms with E-state index in [1.54, 1.807) is 48.5 Å². The van der Waals surface area contributed by atoms with Gasteiger partial charge < -0.3 is 20.7 Å². The van der Waals surface area contributed by atoms with E-state index in [9.17, 15) is 14.4 Å². The Kier molecular flexibility index (Phi) is 10.3. The lowest BCUT2D eigenvalue weighted by Crippen LogP contribution is -2.30. The van der Waals surface area contributed by atoms with Crippen molar-refractivity contribution < 1.29 is 19.1 Å². The van der Waals surface area contributed by atoms with Crippen LogP contribution in [-0.2, 0) is 9.59 Å². The standard InChI is InChI=1S/C37H33N3O4S/c1-3-44-34-22-10-9-21-32(34)39-35(41)25(2)45-30-19-12-18-29(24-30)38-37(43)33(40-36(42)27-14-5-4-6-15-27)23-28-17-11-16-26-13-7-8-20-31(26)28/h4-25H,3H2,1-2H3,(H,38,43)(H,39,41)(H,40,42)/b33-23+. The van der Waals surface area contributed by atoms with Gasteiger partial charge in [-0.3, -0.25) is 14.4 Å². The Morgan fingerprint density at radius 2 is 1.51 bits per heavy atom. The number of hydrogen-bond acceptors (Lipinski definition) is 5. The van der Waals surface area contributed by atoms with Crippen molar-refractivity contribution in [2.75, 3.05) is 17.2 Å². The average Bonchev–Trinajstić information content (AvgIpc) is 3.06. The number of ether oxygens (including phenoxy) is 1. The fourth-order valence-electron chi connectivity index (χ4n) is 4.66. The molecule has 3 amide bonds. The maximum Gasteiger partial charge on any atom is 0.272 e. The van der Waals surface area contributed by atoms with Crippen molar-refractivity contribution >= 4 is 57.7 Å². The van der Waals surface area contributed by atoms with Crippen molar-refractivity contribution in [3.63, 3.8) is 0 Å². The quantitative estimate of drug-likeness (QED) is 0.104. The molecule has 0 spiro atoms. The Balaban J connectivity index is 1.34. The molecule has 0 aliphatic heterocycles. The van der Waals surface area contributed by atoms with Gasteiger partial charge in [0.1, 0.15) is 11.4 Å². The molecule has 0 saturated heterocycles. The van der Waals surface area contributed by atoms with Gasteiger partial charge in [-0.1, -0.05) is 78.9 Å². The highest BCUT2D eigenvalue weighted by atomic mass is 32.2. The summed E-state index contributed by atoms with van der Waals surface area (Å²) < 4.78 is 5.62. The molecule has 0 aliphatic carbocycles. The Labute approximate surface area is 266 Å². The van der Waals surface area contributed by atoms with E-state index in [2.05, 4.69) is 16.0 Å². The molecule has 3 N–H and O–H groups in total. The molecule has 0 heterocycles. The lowest BCUT2D eigenvalue weighted by molar-refractivity contribution is -0.115. The first-order valence-electron chi connectivity index (χ1n) is 14.6. The summed E-state index contributed by atoms with van der Waals surface area (Å²) in [5.41, 5.74) is 2.46. The van der Waals surface area contributed by atoms with E-state index in [4.69, 9.17) is 4.74 Å². The summed E-state index contributed by atoms with van der Waals surface area (Å²) in [6.45, 7) is 4.20. The molecule has 0 fully saturated rings. The van der Waals surface area contributed by atoms with Crippen LogP contribution in [0, 0.1) is 0 Å². The molecule has 5 aromatic carbocycles. The molecule has 45 heavy (non-hydrogen) atoms. The Morgan fingerprint density at radius 1 is 0.800 bits per heavy atom. The van der Waals surface area contributed by atoms with E-state index >= 15 is 0 Å². The summed E-state index contributed by atoms with van der Waals surface area (Å²) in [5.74, 6) is -0.438. The van der Waals surface area contributed by atoms with Gasteiger partial charge in [-0.25, -0.2) is 0 Å². The van der Waals surface area contributed by atoms with Crippen LogP contribution in [0.1, 0.15) is 29.8 Å². The summed E-state index contributed by atoms with van der Waals surface area (Å²) in [6.07, 6.45) is 1.68. The fourth-order valence-corrected chi connectivity index (χ4v) is 5.59. The Hall–Kier alpha value is -5.34. The van der Waals surface area contributed by atoms with Gasteiger partial charge in [-0.05, 0) is 78.7 Å². The highest BCUT2D eigenvalue weighted by Gasteiger charge is 2.18. The molecule has 7 nitrogen and oxygen atoms in total. The lowest BCUT2D eigenvalue weighted by atomic mass is 10.0. The Bertz CT molecular complexity index is 1850. The van der Waals surface area contributed by atoms with Crippen LogP contribution in [0.3, 0.4) is 0 Å². The summed E-state index contributed by atoms with van der Waals surface area (Å²) in [5, 5.41) is 10.2. The topological polar surface area (TPSA) is 96.5 Å². The summed E-state index contributed by atoms with van der Waals surface area (Å²) in [6, 6.07) is 37.0. The van der Waals surface area contributed by atoms with Crippen LogP contribution in [0.25, 0.3) is 16.8 Å². The van der Waals surface area contributed by atoms with Crippen molar-refractivity contribution in [1.82, 2.24) is 5.32 Å². The first kappa shape index (κ1) is 31.1. The molecule has 226 valence electrons. The van der Waals surface area contributed by atoms with Crippen molar-refractivity contribution in [3.05, 3.63) is 138 Å². The molecule has 5 rings (SSSR count). The van der Waals surface area contributed by atoms with Gasteiger partial charge in [0.05, 0.1) is 17.5 Å². The molecule has 1 atom stereocenters. The number of rotatable bonds is 11. The van der Waals surface area contributed by atoms with Crippen LogP contribution in [0.4, 0.5) is 11.4 Å². The molecule has 0 bridgehead atoms. The van der Waals surface area contributed by atoms with Gasteiger partial charge in [-0.2, -0.15) is 0 Å². The van der Waals surface area contributed by atoms with Crippen LogP contribution in [0.15, 0.2) is 132 Å². The van der Waals surface area contributed by atoms with E-state index in [1.165, 1.54) is 11.8 Å². The first-order valence-corrected chi connectivity index (χ1v) is 15.5. The third-order valence-electron chi connectivity index (χ3n) is 6.87. The third kappa shape index (κ3) is 8.19. The predicted molar refractivity (Wildman–Crippen MR) is 182 cm³/mol. The van der Waals surface area contributed by atoms with E-state index in [-0.39, 0.29) is 11.6 Å². The Morgan fingerprint density at radius 3 is 2.33 bits per heavy atom. The number of carbonyl (C=O) groups is 3. The zero-order chi connectivity index (χ0) is 31.6. The maximum atomic E-state index is 13.7. The molecule has 0 saturated carbocycles. The third-order valence-corrected chi connectivity index (χ3v) is 7.96. The average molecular weight is 616 g/mol. The number of fused-ring (bicyclic) bond motifs is 1. The van der Waals surface area contributed by atoms with E-state index < -0.39 is 17.1 Å². The number of thioether (sulfide) groups is 1. The highest BCUT2D eigenvalue weighted by molar-refractivity contribution is 8.00.